The maximum atomic E-state index is 2.51. The van der Waals surface area contributed by atoms with E-state index in [0.717, 1.165) is 17.1 Å². The molecule has 0 atom stereocenters. The Balaban J connectivity index is 1.03. The zero-order valence-corrected chi connectivity index (χ0v) is 38.7. The summed E-state index contributed by atoms with van der Waals surface area (Å²) in [7, 11) is 0. The highest BCUT2D eigenvalue weighted by atomic mass is 15.0. The maximum absolute atomic E-state index is 2.51. The van der Waals surface area contributed by atoms with Gasteiger partial charge in [0, 0.05) is 49.4 Å². The molecule has 0 spiro atoms. The van der Waals surface area contributed by atoms with Crippen molar-refractivity contribution in [1.29, 1.82) is 0 Å². The van der Waals surface area contributed by atoms with Crippen LogP contribution in [0.3, 0.4) is 0 Å². The zero-order chi connectivity index (χ0) is 46.6. The van der Waals surface area contributed by atoms with Gasteiger partial charge in [0.2, 0.25) is 0 Å². The molecule has 330 valence electrons. The predicted molar refractivity (Wildman–Crippen MR) is 300 cm³/mol. The second-order valence-corrected chi connectivity index (χ2v) is 18.9. The Morgan fingerprint density at radius 3 is 0.775 bits per heavy atom. The summed E-state index contributed by atoms with van der Waals surface area (Å²) < 4.78 is 7.52. The summed E-state index contributed by atoms with van der Waals surface area (Å²) in [6.45, 7) is 0. The number of hydrogen-bond donors (Lipinski definition) is 0. The molecule has 0 aliphatic rings. The Hall–Kier alpha value is -9.44. The Bertz CT molecular complexity index is 4060. The monoisotopic (exact) mass is 901 g/mol. The lowest BCUT2D eigenvalue weighted by Crippen LogP contribution is -1.98. The van der Waals surface area contributed by atoms with Gasteiger partial charge >= 0.3 is 0 Å². The van der Waals surface area contributed by atoms with Crippen LogP contribution in [-0.2, 0) is 0 Å². The topological polar surface area (TPSA) is 14.8 Å². The molecular weight excluding hydrogens is 859 g/mol. The van der Waals surface area contributed by atoms with Crippen LogP contribution < -0.4 is 0 Å². The molecule has 0 saturated carbocycles. The van der Waals surface area contributed by atoms with Gasteiger partial charge in [-0.15, -0.1) is 0 Å². The highest BCUT2D eigenvalue weighted by Gasteiger charge is 2.23. The lowest BCUT2D eigenvalue weighted by molar-refractivity contribution is 1.15. The number of aromatic nitrogens is 3. The van der Waals surface area contributed by atoms with Crippen molar-refractivity contribution in [2.24, 2.45) is 0 Å². The van der Waals surface area contributed by atoms with Gasteiger partial charge in [-0.2, -0.15) is 0 Å². The molecule has 0 fully saturated rings. The van der Waals surface area contributed by atoms with E-state index in [2.05, 4.69) is 275 Å². The molecule has 15 aromatic rings. The number of benzene rings is 12. The largest absolute Gasteiger partial charge is 0.309 e. The molecule has 12 aromatic carbocycles. The number of nitrogens with zero attached hydrogens (tertiary/aromatic N) is 3. The number of hydrogen-bond acceptors (Lipinski definition) is 0. The number of fused-ring (bicyclic) bond motifs is 6. The van der Waals surface area contributed by atoms with Gasteiger partial charge < -0.3 is 13.7 Å². The molecule has 71 heavy (non-hydrogen) atoms. The molecule has 0 aliphatic heterocycles. The van der Waals surface area contributed by atoms with Crippen molar-refractivity contribution in [3.63, 3.8) is 0 Å². The molecule has 3 aromatic heterocycles. The first-order valence-electron chi connectivity index (χ1n) is 24.5. The van der Waals surface area contributed by atoms with Gasteiger partial charge in [-0.3, -0.25) is 0 Å². The lowest BCUT2D eigenvalue weighted by atomic mass is 10.0. The SMILES string of the molecule is c1ccc(-c2ccc3c4ccc(-c5ccccc5)cc4n(-c4cc5ccc6cc(-n7c8cc(-c9ccccc9)ccc8c8ccc(-c9ccccc9)cc87)cc7c6c5c(c4)n7-c4ccccc4)c3c2)cc1. The van der Waals surface area contributed by atoms with E-state index in [9.17, 15) is 0 Å². The zero-order valence-electron chi connectivity index (χ0n) is 38.7. The highest BCUT2D eigenvalue weighted by molar-refractivity contribution is 6.26. The quantitative estimate of drug-likeness (QED) is 0.142. The summed E-state index contributed by atoms with van der Waals surface area (Å²) in [6, 6.07) is 96.2. The van der Waals surface area contributed by atoms with Crippen molar-refractivity contribution in [3.05, 3.63) is 261 Å². The van der Waals surface area contributed by atoms with Crippen molar-refractivity contribution in [3.8, 4) is 61.6 Å². The number of rotatable bonds is 7. The highest BCUT2D eigenvalue weighted by Crippen LogP contribution is 2.45. The Morgan fingerprint density at radius 2 is 0.465 bits per heavy atom. The second kappa shape index (κ2) is 15.5. The molecule has 0 unspecified atom stereocenters. The van der Waals surface area contributed by atoms with E-state index in [1.165, 1.54) is 121 Å². The minimum absolute atomic E-state index is 1.13. The third-order valence-electron chi connectivity index (χ3n) is 14.9. The van der Waals surface area contributed by atoms with E-state index in [-0.39, 0.29) is 0 Å². The van der Waals surface area contributed by atoms with E-state index in [0.29, 0.717) is 0 Å². The minimum atomic E-state index is 1.13. The number of para-hydroxylation sites is 1. The van der Waals surface area contributed by atoms with Crippen LogP contribution in [-0.4, -0.2) is 13.7 Å². The molecule has 0 N–H and O–H groups in total. The maximum Gasteiger partial charge on any atom is 0.0568 e. The molecular formula is C68H43N3. The van der Waals surface area contributed by atoms with E-state index >= 15 is 0 Å². The van der Waals surface area contributed by atoms with Crippen LogP contribution in [0.1, 0.15) is 0 Å². The van der Waals surface area contributed by atoms with Gasteiger partial charge in [-0.25, -0.2) is 0 Å². The summed E-state index contributed by atoms with van der Waals surface area (Å²) in [5.41, 5.74) is 20.0. The van der Waals surface area contributed by atoms with Crippen molar-refractivity contribution >= 4 is 76.2 Å². The minimum Gasteiger partial charge on any atom is -0.309 e. The van der Waals surface area contributed by atoms with Gasteiger partial charge in [0.05, 0.1) is 33.1 Å². The third kappa shape index (κ3) is 6.16. The van der Waals surface area contributed by atoms with Crippen LogP contribution in [0, 0.1) is 0 Å². The first-order chi connectivity index (χ1) is 35.2. The Labute approximate surface area is 410 Å². The van der Waals surface area contributed by atoms with E-state index in [1.54, 1.807) is 0 Å². The first-order valence-corrected chi connectivity index (χ1v) is 24.5. The average molecular weight is 902 g/mol. The Kier molecular flexibility index (Phi) is 8.66. The molecule has 0 bridgehead atoms. The summed E-state index contributed by atoms with van der Waals surface area (Å²) in [5.74, 6) is 0. The summed E-state index contributed by atoms with van der Waals surface area (Å²) in [4.78, 5) is 0. The summed E-state index contributed by atoms with van der Waals surface area (Å²) >= 11 is 0. The third-order valence-corrected chi connectivity index (χ3v) is 14.9. The fourth-order valence-electron chi connectivity index (χ4n) is 11.7. The summed E-state index contributed by atoms with van der Waals surface area (Å²) in [6.07, 6.45) is 0. The fourth-order valence-corrected chi connectivity index (χ4v) is 11.7. The van der Waals surface area contributed by atoms with Gasteiger partial charge in [-0.05, 0) is 116 Å². The van der Waals surface area contributed by atoms with Gasteiger partial charge in [0.25, 0.3) is 0 Å². The van der Waals surface area contributed by atoms with E-state index in [4.69, 9.17) is 0 Å². The van der Waals surface area contributed by atoms with Gasteiger partial charge in [0.1, 0.15) is 0 Å². The standard InChI is InChI=1S/C68H43N3/c1-6-16-44(17-7-1)48-28-32-57-58-33-29-49(45-18-8-2-9-19-45)39-62(58)70(61(57)38-48)55-36-52-26-27-53-37-56(43-66-68(53)67(52)65(42-55)69(66)54-24-14-5-15-25-54)71-63-40-50(46-20-10-3-11-21-46)30-34-59(63)60-35-31-51(41-64(60)71)47-22-12-4-13-23-47/h1-43H. The van der Waals surface area contributed by atoms with E-state index < -0.39 is 0 Å². The van der Waals surface area contributed by atoms with Crippen LogP contribution in [0.4, 0.5) is 0 Å². The Morgan fingerprint density at radius 1 is 0.183 bits per heavy atom. The van der Waals surface area contributed by atoms with Crippen LogP contribution in [0.25, 0.3) is 138 Å². The smallest absolute Gasteiger partial charge is 0.0568 e. The van der Waals surface area contributed by atoms with Crippen LogP contribution in [0.15, 0.2) is 261 Å². The molecule has 15 rings (SSSR count). The van der Waals surface area contributed by atoms with E-state index in [1.807, 2.05) is 0 Å². The second-order valence-electron chi connectivity index (χ2n) is 18.9. The fraction of sp³-hybridized carbons (Fsp3) is 0. The molecule has 0 amide bonds. The predicted octanol–water partition coefficient (Wildman–Crippen LogP) is 18.2. The van der Waals surface area contributed by atoms with Crippen LogP contribution >= 0.6 is 0 Å². The van der Waals surface area contributed by atoms with Crippen molar-refractivity contribution in [2.75, 3.05) is 0 Å². The van der Waals surface area contributed by atoms with Crippen LogP contribution in [0.2, 0.25) is 0 Å². The summed E-state index contributed by atoms with van der Waals surface area (Å²) in [5, 5.41) is 9.89. The average Bonchev–Trinajstić information content (AvgIpc) is 4.08. The normalized spacial score (nSPS) is 11.9. The molecule has 0 saturated heterocycles. The molecule has 3 heterocycles. The molecule has 0 radical (unpaired) electrons. The van der Waals surface area contributed by atoms with Crippen LogP contribution in [0.5, 0.6) is 0 Å². The van der Waals surface area contributed by atoms with Crippen molar-refractivity contribution in [2.45, 2.75) is 0 Å². The first kappa shape index (κ1) is 39.5. The van der Waals surface area contributed by atoms with Gasteiger partial charge in [0.15, 0.2) is 0 Å². The van der Waals surface area contributed by atoms with Gasteiger partial charge in [-0.1, -0.05) is 200 Å². The molecule has 0 aliphatic carbocycles. The molecule has 3 heteroatoms. The van der Waals surface area contributed by atoms with Crippen molar-refractivity contribution in [1.82, 2.24) is 13.7 Å². The molecule has 3 nitrogen and oxygen atoms in total. The lowest BCUT2D eigenvalue weighted by Gasteiger charge is -2.13. The van der Waals surface area contributed by atoms with Crippen molar-refractivity contribution < 1.29 is 0 Å².